The molecule has 4 nitrogen and oxygen atoms in total. The molecule has 0 aliphatic heterocycles. The molecule has 2 N–H and O–H groups in total. The maximum Gasteiger partial charge on any atom is 0.314 e. The molecule has 19 heavy (non-hydrogen) atoms. The van der Waals surface area contributed by atoms with Gasteiger partial charge < -0.3 is 14.9 Å². The molecule has 1 saturated carbocycles. The van der Waals surface area contributed by atoms with E-state index in [1.54, 1.807) is 0 Å². The first-order chi connectivity index (χ1) is 9.01. The maximum absolute atomic E-state index is 11.7. The van der Waals surface area contributed by atoms with E-state index in [9.17, 15) is 15.0 Å². The topological polar surface area (TPSA) is 66.8 Å². The second-order valence-electron chi connectivity index (χ2n) is 4.95. The van der Waals surface area contributed by atoms with Crippen molar-refractivity contribution in [2.45, 2.75) is 37.5 Å². The van der Waals surface area contributed by atoms with E-state index in [0.29, 0.717) is 29.2 Å². The summed E-state index contributed by atoms with van der Waals surface area (Å²) in [6.45, 7) is 0. The van der Waals surface area contributed by atoms with Crippen molar-refractivity contribution in [2.75, 3.05) is 7.11 Å². The third-order valence-corrected chi connectivity index (χ3v) is 4.20. The number of aromatic hydroxyl groups is 1. The van der Waals surface area contributed by atoms with Gasteiger partial charge in [-0.05, 0) is 18.9 Å². The number of carboxylic acid groups (broad SMARTS) is 1. The number of benzene rings is 1. The summed E-state index contributed by atoms with van der Waals surface area (Å²) < 4.78 is 5.02. The van der Waals surface area contributed by atoms with Gasteiger partial charge in [0.25, 0.3) is 0 Å². The van der Waals surface area contributed by atoms with Crippen LogP contribution < -0.4 is 4.74 Å². The number of halogens is 1. The molecule has 1 aliphatic carbocycles. The van der Waals surface area contributed by atoms with E-state index in [1.165, 1.54) is 19.2 Å². The number of methoxy groups -OCH3 is 1. The molecule has 1 aliphatic rings. The molecule has 1 aromatic rings. The van der Waals surface area contributed by atoms with Gasteiger partial charge in [-0.2, -0.15) is 0 Å². The van der Waals surface area contributed by atoms with Gasteiger partial charge in [-0.15, -0.1) is 0 Å². The Hall–Kier alpha value is -1.42. The average Bonchev–Trinajstić information content (AvgIpc) is 2.41. The van der Waals surface area contributed by atoms with Crippen LogP contribution in [0, 0.1) is 0 Å². The zero-order valence-corrected chi connectivity index (χ0v) is 11.5. The van der Waals surface area contributed by atoms with Gasteiger partial charge >= 0.3 is 5.97 Å². The quantitative estimate of drug-likeness (QED) is 0.893. The van der Waals surface area contributed by atoms with Gasteiger partial charge in [0.2, 0.25) is 0 Å². The van der Waals surface area contributed by atoms with Crippen molar-refractivity contribution in [1.29, 1.82) is 0 Å². The second kappa shape index (κ2) is 5.29. The zero-order valence-electron chi connectivity index (χ0n) is 10.8. The Balaban J connectivity index is 2.54. The molecule has 2 rings (SSSR count). The molecule has 0 unspecified atom stereocenters. The zero-order chi connectivity index (χ0) is 14.0. The van der Waals surface area contributed by atoms with Crippen LogP contribution in [0.15, 0.2) is 12.1 Å². The molecule has 0 heterocycles. The first-order valence-electron chi connectivity index (χ1n) is 6.31. The maximum atomic E-state index is 11.7. The Kier molecular flexibility index (Phi) is 3.90. The highest BCUT2D eigenvalue weighted by Gasteiger charge is 2.43. The molecule has 1 fully saturated rings. The minimum Gasteiger partial charge on any atom is -0.507 e. The van der Waals surface area contributed by atoms with E-state index in [1.807, 2.05) is 0 Å². The number of carboxylic acids is 1. The van der Waals surface area contributed by atoms with E-state index in [-0.39, 0.29) is 5.75 Å². The Morgan fingerprint density at radius 3 is 2.47 bits per heavy atom. The number of carbonyl (C=O) groups is 1. The lowest BCUT2D eigenvalue weighted by molar-refractivity contribution is -0.145. The molecule has 0 bridgehead atoms. The normalized spacial score (nSPS) is 18.0. The van der Waals surface area contributed by atoms with Crippen molar-refractivity contribution in [3.05, 3.63) is 22.7 Å². The van der Waals surface area contributed by atoms with Gasteiger partial charge in [0.1, 0.15) is 11.5 Å². The highest BCUT2D eigenvalue weighted by molar-refractivity contribution is 6.32. The summed E-state index contributed by atoms with van der Waals surface area (Å²) in [5.74, 6) is -0.617. The van der Waals surface area contributed by atoms with Crippen LogP contribution in [0.4, 0.5) is 0 Å². The molecule has 0 aromatic heterocycles. The largest absolute Gasteiger partial charge is 0.507 e. The molecular weight excluding hydrogens is 268 g/mol. The summed E-state index contributed by atoms with van der Waals surface area (Å²) in [5, 5.41) is 20.0. The molecule has 0 radical (unpaired) electrons. The lowest BCUT2D eigenvalue weighted by Gasteiger charge is -2.34. The molecule has 0 atom stereocenters. The molecular formula is C14H17ClO4. The Morgan fingerprint density at radius 1 is 1.32 bits per heavy atom. The number of phenolic OH excluding ortho intramolecular Hbond substituents is 1. The third-order valence-electron chi connectivity index (χ3n) is 3.90. The minimum atomic E-state index is -1.03. The molecule has 5 heteroatoms. The lowest BCUT2D eigenvalue weighted by Crippen LogP contribution is -2.37. The summed E-state index contributed by atoms with van der Waals surface area (Å²) in [6, 6.07) is 2.91. The van der Waals surface area contributed by atoms with E-state index in [4.69, 9.17) is 16.3 Å². The van der Waals surface area contributed by atoms with Crippen molar-refractivity contribution >= 4 is 17.6 Å². The average molecular weight is 285 g/mol. The molecule has 1 aromatic carbocycles. The predicted octanol–water partition coefficient (Wildman–Crippen LogP) is 3.34. The second-order valence-corrected chi connectivity index (χ2v) is 5.36. The fourth-order valence-electron chi connectivity index (χ4n) is 2.84. The van der Waals surface area contributed by atoms with Crippen molar-refractivity contribution in [1.82, 2.24) is 0 Å². The summed E-state index contributed by atoms with van der Waals surface area (Å²) in [7, 11) is 1.45. The predicted molar refractivity (Wildman–Crippen MR) is 72.1 cm³/mol. The van der Waals surface area contributed by atoms with Crippen LogP contribution in [0.3, 0.4) is 0 Å². The summed E-state index contributed by atoms with van der Waals surface area (Å²) in [5.41, 5.74) is -0.636. The summed E-state index contributed by atoms with van der Waals surface area (Å²) in [4.78, 5) is 11.7. The molecule has 0 spiro atoms. The lowest BCUT2D eigenvalue weighted by atomic mass is 9.69. The van der Waals surface area contributed by atoms with Gasteiger partial charge in [-0.3, -0.25) is 4.79 Å². The van der Waals surface area contributed by atoms with Crippen molar-refractivity contribution in [2.24, 2.45) is 0 Å². The smallest absolute Gasteiger partial charge is 0.314 e. The van der Waals surface area contributed by atoms with Crippen LogP contribution >= 0.6 is 11.6 Å². The van der Waals surface area contributed by atoms with E-state index < -0.39 is 11.4 Å². The Morgan fingerprint density at radius 2 is 1.95 bits per heavy atom. The van der Waals surface area contributed by atoms with Gasteiger partial charge in [0.15, 0.2) is 0 Å². The van der Waals surface area contributed by atoms with Crippen molar-refractivity contribution in [3.63, 3.8) is 0 Å². The van der Waals surface area contributed by atoms with E-state index in [0.717, 1.165) is 19.3 Å². The van der Waals surface area contributed by atoms with Gasteiger partial charge in [-0.1, -0.05) is 30.9 Å². The van der Waals surface area contributed by atoms with Gasteiger partial charge in [0, 0.05) is 11.6 Å². The minimum absolute atomic E-state index is 0.0643. The number of hydrogen-bond acceptors (Lipinski definition) is 3. The van der Waals surface area contributed by atoms with Crippen LogP contribution in [0.1, 0.15) is 37.7 Å². The first kappa shape index (κ1) is 14.0. The number of rotatable bonds is 3. The number of aliphatic carboxylic acids is 1. The monoisotopic (exact) mass is 284 g/mol. The van der Waals surface area contributed by atoms with Crippen LogP contribution in [0.5, 0.6) is 11.5 Å². The molecule has 0 amide bonds. The summed E-state index contributed by atoms with van der Waals surface area (Å²) >= 11 is 6.06. The van der Waals surface area contributed by atoms with E-state index >= 15 is 0 Å². The molecule has 0 saturated heterocycles. The van der Waals surface area contributed by atoms with E-state index in [2.05, 4.69) is 0 Å². The number of ether oxygens (including phenoxy) is 1. The van der Waals surface area contributed by atoms with Gasteiger partial charge in [-0.25, -0.2) is 0 Å². The van der Waals surface area contributed by atoms with Crippen molar-refractivity contribution < 1.29 is 19.7 Å². The number of phenols is 1. The fraction of sp³-hybridized carbons (Fsp3) is 0.500. The Labute approximate surface area is 117 Å². The van der Waals surface area contributed by atoms with Crippen LogP contribution in [0.2, 0.25) is 5.02 Å². The third kappa shape index (κ3) is 2.37. The first-order valence-corrected chi connectivity index (χ1v) is 6.69. The van der Waals surface area contributed by atoms with Gasteiger partial charge in [0.05, 0.1) is 17.5 Å². The highest BCUT2D eigenvalue weighted by Crippen LogP contribution is 2.46. The van der Waals surface area contributed by atoms with Crippen LogP contribution in [-0.2, 0) is 10.2 Å². The Bertz CT molecular complexity index is 492. The molecule has 104 valence electrons. The SMILES string of the molecule is COc1cc(O)c(C2(C(=O)O)CCCCC2)cc1Cl. The number of hydrogen-bond donors (Lipinski definition) is 2. The van der Waals surface area contributed by atoms with Crippen molar-refractivity contribution in [3.8, 4) is 11.5 Å². The highest BCUT2D eigenvalue weighted by atomic mass is 35.5. The fourth-order valence-corrected chi connectivity index (χ4v) is 3.08. The van der Waals surface area contributed by atoms with Crippen LogP contribution in [-0.4, -0.2) is 23.3 Å². The summed E-state index contributed by atoms with van der Waals surface area (Å²) in [6.07, 6.45) is 3.77. The van der Waals surface area contributed by atoms with Crippen LogP contribution in [0.25, 0.3) is 0 Å². The standard InChI is InChI=1S/C14H17ClO4/c1-19-12-8-11(16)9(7-10(12)15)14(13(17)18)5-3-2-4-6-14/h7-8,16H,2-6H2,1H3,(H,17,18).